The van der Waals surface area contributed by atoms with Crippen LogP contribution in [0.25, 0.3) is 0 Å². The molecule has 1 atom stereocenters. The number of para-hydroxylation sites is 1. The van der Waals surface area contributed by atoms with Crippen LogP contribution in [0.1, 0.15) is 30.9 Å². The van der Waals surface area contributed by atoms with E-state index in [1.165, 1.54) is 31.5 Å². The molecule has 1 unspecified atom stereocenters. The molecule has 2 aliphatic heterocycles. The number of hydrogen-bond donors (Lipinski definition) is 1. The highest BCUT2D eigenvalue weighted by molar-refractivity contribution is 5.37. The lowest BCUT2D eigenvalue weighted by Gasteiger charge is -2.40. The van der Waals surface area contributed by atoms with Gasteiger partial charge < -0.3 is 10.1 Å². The minimum Gasteiger partial charge on any atom is -0.493 e. The van der Waals surface area contributed by atoms with Crippen LogP contribution in [-0.4, -0.2) is 37.7 Å². The smallest absolute Gasteiger partial charge is 0.124 e. The first-order valence-corrected chi connectivity index (χ1v) is 7.01. The van der Waals surface area contributed by atoms with E-state index < -0.39 is 0 Å². The summed E-state index contributed by atoms with van der Waals surface area (Å²) in [6.45, 7) is 3.25. The number of likely N-dealkylation sites (tertiary alicyclic amines) is 1. The predicted octanol–water partition coefficient (Wildman–Crippen LogP) is 2.19. The van der Waals surface area contributed by atoms with Crippen molar-refractivity contribution in [2.45, 2.75) is 31.3 Å². The molecule has 1 aromatic rings. The Labute approximate surface area is 109 Å². The van der Waals surface area contributed by atoms with Crippen molar-refractivity contribution >= 4 is 0 Å². The van der Waals surface area contributed by atoms with E-state index in [2.05, 4.69) is 41.5 Å². The molecule has 3 nitrogen and oxygen atoms in total. The number of nitrogens with zero attached hydrogens (tertiary/aromatic N) is 1. The Balaban J connectivity index is 1.74. The number of rotatable bonds is 2. The summed E-state index contributed by atoms with van der Waals surface area (Å²) in [6.07, 6.45) is 3.65. The maximum atomic E-state index is 5.75. The van der Waals surface area contributed by atoms with Crippen LogP contribution < -0.4 is 10.1 Å². The molecule has 1 N–H and O–H groups in total. The average Bonchev–Trinajstić information content (AvgIpc) is 2.47. The number of fused-ring (bicyclic) bond motifs is 1. The van der Waals surface area contributed by atoms with Gasteiger partial charge in [0.25, 0.3) is 0 Å². The van der Waals surface area contributed by atoms with Crippen LogP contribution in [0.15, 0.2) is 24.3 Å². The number of benzene rings is 1. The van der Waals surface area contributed by atoms with Crippen molar-refractivity contribution in [1.29, 1.82) is 0 Å². The predicted molar refractivity (Wildman–Crippen MR) is 72.9 cm³/mol. The van der Waals surface area contributed by atoms with Crippen molar-refractivity contribution < 1.29 is 4.74 Å². The third-order valence-electron chi connectivity index (χ3n) is 4.31. The van der Waals surface area contributed by atoms with Gasteiger partial charge in [-0.1, -0.05) is 18.2 Å². The molecule has 2 aliphatic rings. The second-order valence-electron chi connectivity index (χ2n) is 5.29. The van der Waals surface area contributed by atoms with Crippen LogP contribution in [0.3, 0.4) is 0 Å². The lowest BCUT2D eigenvalue weighted by atomic mass is 9.95. The van der Waals surface area contributed by atoms with E-state index in [0.29, 0.717) is 12.1 Å². The molecule has 0 aliphatic carbocycles. The summed E-state index contributed by atoms with van der Waals surface area (Å²) in [5.41, 5.74) is 1.38. The van der Waals surface area contributed by atoms with E-state index in [0.717, 1.165) is 18.8 Å². The zero-order chi connectivity index (χ0) is 12.4. The lowest BCUT2D eigenvalue weighted by molar-refractivity contribution is 0.108. The van der Waals surface area contributed by atoms with Crippen LogP contribution in [-0.2, 0) is 0 Å². The SMILES string of the molecule is CNC1CCN(C2CCOc3ccccc32)CC1. The van der Waals surface area contributed by atoms with Gasteiger partial charge in [-0.05, 0) is 26.0 Å². The van der Waals surface area contributed by atoms with Crippen LogP contribution in [0.5, 0.6) is 5.75 Å². The number of hydrogen-bond acceptors (Lipinski definition) is 3. The fourth-order valence-electron chi connectivity index (χ4n) is 3.20. The van der Waals surface area contributed by atoms with Gasteiger partial charge >= 0.3 is 0 Å². The first kappa shape index (κ1) is 12.0. The molecule has 98 valence electrons. The normalized spacial score (nSPS) is 25.5. The summed E-state index contributed by atoms with van der Waals surface area (Å²) in [6, 6.07) is 9.78. The zero-order valence-corrected chi connectivity index (χ0v) is 11.1. The molecule has 0 amide bonds. The Morgan fingerprint density at radius 1 is 1.17 bits per heavy atom. The zero-order valence-electron chi connectivity index (χ0n) is 11.1. The number of ether oxygens (including phenoxy) is 1. The third-order valence-corrected chi connectivity index (χ3v) is 4.31. The topological polar surface area (TPSA) is 24.5 Å². The monoisotopic (exact) mass is 246 g/mol. The molecule has 0 spiro atoms. The first-order chi connectivity index (χ1) is 8.88. The molecule has 1 saturated heterocycles. The summed E-state index contributed by atoms with van der Waals surface area (Å²) < 4.78 is 5.75. The summed E-state index contributed by atoms with van der Waals surface area (Å²) in [7, 11) is 2.07. The van der Waals surface area contributed by atoms with Crippen LogP contribution in [0, 0.1) is 0 Å². The molecular formula is C15H22N2O. The van der Waals surface area contributed by atoms with Crippen molar-refractivity contribution in [1.82, 2.24) is 10.2 Å². The number of piperidine rings is 1. The Bertz CT molecular complexity index is 399. The lowest BCUT2D eigenvalue weighted by Crippen LogP contribution is -2.43. The molecule has 0 bridgehead atoms. The van der Waals surface area contributed by atoms with Gasteiger partial charge in [0.15, 0.2) is 0 Å². The minimum absolute atomic E-state index is 0.563. The van der Waals surface area contributed by atoms with Gasteiger partial charge in [-0.3, -0.25) is 4.90 Å². The van der Waals surface area contributed by atoms with Gasteiger partial charge in [0, 0.05) is 37.2 Å². The van der Waals surface area contributed by atoms with Crippen LogP contribution >= 0.6 is 0 Å². The fraction of sp³-hybridized carbons (Fsp3) is 0.600. The molecule has 3 rings (SSSR count). The van der Waals surface area contributed by atoms with Crippen LogP contribution in [0.4, 0.5) is 0 Å². The van der Waals surface area contributed by atoms with Gasteiger partial charge in [0.05, 0.1) is 6.61 Å². The summed E-state index contributed by atoms with van der Waals surface area (Å²) >= 11 is 0. The van der Waals surface area contributed by atoms with E-state index in [1.54, 1.807) is 0 Å². The Morgan fingerprint density at radius 3 is 2.72 bits per heavy atom. The maximum absolute atomic E-state index is 5.75. The molecule has 0 radical (unpaired) electrons. The summed E-state index contributed by atoms with van der Waals surface area (Å²) in [5, 5.41) is 3.40. The van der Waals surface area contributed by atoms with E-state index in [1.807, 2.05) is 0 Å². The highest BCUT2D eigenvalue weighted by Gasteiger charge is 2.29. The third kappa shape index (κ3) is 2.25. The van der Waals surface area contributed by atoms with Gasteiger partial charge in [-0.15, -0.1) is 0 Å². The van der Waals surface area contributed by atoms with Gasteiger partial charge in [0.1, 0.15) is 5.75 Å². The van der Waals surface area contributed by atoms with Crippen molar-refractivity contribution in [3.63, 3.8) is 0 Å². The van der Waals surface area contributed by atoms with E-state index in [4.69, 9.17) is 4.74 Å². The molecular weight excluding hydrogens is 224 g/mol. The van der Waals surface area contributed by atoms with E-state index in [9.17, 15) is 0 Å². The molecule has 1 fully saturated rings. The first-order valence-electron chi connectivity index (χ1n) is 7.01. The minimum atomic E-state index is 0.563. The molecule has 0 saturated carbocycles. The van der Waals surface area contributed by atoms with E-state index in [-0.39, 0.29) is 0 Å². The van der Waals surface area contributed by atoms with Gasteiger partial charge in [0.2, 0.25) is 0 Å². The second-order valence-corrected chi connectivity index (χ2v) is 5.29. The Kier molecular flexibility index (Phi) is 3.52. The largest absolute Gasteiger partial charge is 0.493 e. The molecule has 2 heterocycles. The highest BCUT2D eigenvalue weighted by atomic mass is 16.5. The van der Waals surface area contributed by atoms with Crippen molar-refractivity contribution in [2.75, 3.05) is 26.7 Å². The quantitative estimate of drug-likeness (QED) is 0.865. The number of nitrogens with one attached hydrogen (secondary N) is 1. The standard InChI is InChI=1S/C15H22N2O/c1-16-12-6-9-17(10-7-12)14-8-11-18-15-5-3-2-4-13(14)15/h2-5,12,14,16H,6-11H2,1H3. The van der Waals surface area contributed by atoms with Crippen molar-refractivity contribution in [2.24, 2.45) is 0 Å². The summed E-state index contributed by atoms with van der Waals surface area (Å²) in [4.78, 5) is 2.63. The molecule has 3 heteroatoms. The Hall–Kier alpha value is -1.06. The maximum Gasteiger partial charge on any atom is 0.124 e. The van der Waals surface area contributed by atoms with Crippen molar-refractivity contribution in [3.05, 3.63) is 29.8 Å². The summed E-state index contributed by atoms with van der Waals surface area (Å²) in [5.74, 6) is 1.09. The van der Waals surface area contributed by atoms with E-state index >= 15 is 0 Å². The van der Waals surface area contributed by atoms with Crippen molar-refractivity contribution in [3.8, 4) is 5.75 Å². The Morgan fingerprint density at radius 2 is 1.94 bits per heavy atom. The fourth-order valence-corrected chi connectivity index (χ4v) is 3.20. The highest BCUT2D eigenvalue weighted by Crippen LogP contribution is 2.36. The molecule has 18 heavy (non-hydrogen) atoms. The molecule has 0 aromatic heterocycles. The van der Waals surface area contributed by atoms with Crippen LogP contribution in [0.2, 0.25) is 0 Å². The average molecular weight is 246 g/mol. The van der Waals surface area contributed by atoms with Gasteiger partial charge in [-0.2, -0.15) is 0 Å². The van der Waals surface area contributed by atoms with Gasteiger partial charge in [-0.25, -0.2) is 0 Å². The molecule has 1 aromatic carbocycles. The second kappa shape index (κ2) is 5.29.